The first-order valence-corrected chi connectivity index (χ1v) is 6.95. The minimum Gasteiger partial charge on any atom is -0.398 e. The van der Waals surface area contributed by atoms with Gasteiger partial charge in [-0.1, -0.05) is 17.7 Å². The molecule has 1 unspecified atom stereocenters. The van der Waals surface area contributed by atoms with Gasteiger partial charge in [0.2, 0.25) is 0 Å². The van der Waals surface area contributed by atoms with Crippen LogP contribution in [0.2, 0.25) is 5.02 Å². The molecule has 1 aromatic carbocycles. The Hall–Kier alpha value is -1.10. The van der Waals surface area contributed by atoms with Gasteiger partial charge in [-0.25, -0.2) is 4.98 Å². The van der Waals surface area contributed by atoms with Gasteiger partial charge >= 0.3 is 0 Å². The maximum atomic E-state index is 5.99. The monoisotopic (exact) mass is 281 g/mol. The number of aryl methyl sites for hydroxylation is 1. The van der Waals surface area contributed by atoms with Crippen LogP contribution in [0.25, 0.3) is 0 Å². The summed E-state index contributed by atoms with van der Waals surface area (Å²) < 4.78 is 0. The van der Waals surface area contributed by atoms with E-state index in [1.807, 2.05) is 24.4 Å². The third-order valence-corrected chi connectivity index (χ3v) is 4.11. The smallest absolute Gasteiger partial charge is 0.109 e. The summed E-state index contributed by atoms with van der Waals surface area (Å²) in [4.78, 5) is 5.60. The van der Waals surface area contributed by atoms with Crippen molar-refractivity contribution in [3.63, 3.8) is 0 Å². The number of hydrogen-bond donors (Lipinski definition) is 2. The number of rotatable bonds is 4. The van der Waals surface area contributed by atoms with E-state index < -0.39 is 0 Å². The zero-order valence-electron chi connectivity index (χ0n) is 10.4. The van der Waals surface area contributed by atoms with Gasteiger partial charge in [0.05, 0.1) is 16.8 Å². The fourth-order valence-corrected chi connectivity index (χ4v) is 2.62. The van der Waals surface area contributed by atoms with Gasteiger partial charge in [0.25, 0.3) is 0 Å². The quantitative estimate of drug-likeness (QED) is 0.843. The van der Waals surface area contributed by atoms with Crippen LogP contribution in [0, 0.1) is 6.92 Å². The molecule has 5 heteroatoms. The highest BCUT2D eigenvalue weighted by Crippen LogP contribution is 2.22. The second-order valence-electron chi connectivity index (χ2n) is 4.27. The lowest BCUT2D eigenvalue weighted by Crippen LogP contribution is -2.17. The van der Waals surface area contributed by atoms with Crippen molar-refractivity contribution in [1.82, 2.24) is 10.3 Å². The summed E-state index contributed by atoms with van der Waals surface area (Å²) in [5.74, 6) is 0. The highest BCUT2D eigenvalue weighted by Gasteiger charge is 2.09. The minimum absolute atomic E-state index is 0.236. The number of nitrogen functional groups attached to an aromatic ring is 1. The average Bonchev–Trinajstić information content (AvgIpc) is 2.77. The van der Waals surface area contributed by atoms with E-state index in [0.29, 0.717) is 10.7 Å². The maximum Gasteiger partial charge on any atom is 0.109 e. The van der Waals surface area contributed by atoms with Crippen molar-refractivity contribution in [2.45, 2.75) is 26.4 Å². The van der Waals surface area contributed by atoms with Gasteiger partial charge in [-0.3, -0.25) is 0 Å². The Kier molecular flexibility index (Phi) is 4.22. The van der Waals surface area contributed by atoms with Crippen LogP contribution in [-0.4, -0.2) is 4.98 Å². The summed E-state index contributed by atoms with van der Waals surface area (Å²) in [6, 6.07) is 5.94. The van der Waals surface area contributed by atoms with Crippen LogP contribution in [0.4, 0.5) is 5.69 Å². The topological polar surface area (TPSA) is 50.9 Å². The number of nitrogens with zero attached hydrogens (tertiary/aromatic N) is 1. The zero-order chi connectivity index (χ0) is 13.1. The number of halogens is 1. The summed E-state index contributed by atoms with van der Waals surface area (Å²) in [7, 11) is 0. The second kappa shape index (κ2) is 5.69. The Balaban J connectivity index is 1.97. The van der Waals surface area contributed by atoms with Crippen LogP contribution >= 0.6 is 22.9 Å². The van der Waals surface area contributed by atoms with E-state index in [1.165, 1.54) is 4.88 Å². The number of nitrogens with one attached hydrogen (secondary N) is 1. The molecule has 1 atom stereocenters. The fourth-order valence-electron chi connectivity index (χ4n) is 1.61. The van der Waals surface area contributed by atoms with Gasteiger partial charge in [0.15, 0.2) is 0 Å². The molecule has 2 rings (SSSR count). The summed E-state index contributed by atoms with van der Waals surface area (Å²) >= 11 is 7.70. The first kappa shape index (κ1) is 13.3. The molecule has 0 radical (unpaired) electrons. The van der Waals surface area contributed by atoms with Crippen molar-refractivity contribution < 1.29 is 0 Å². The van der Waals surface area contributed by atoms with Gasteiger partial charge in [0, 0.05) is 17.6 Å². The fraction of sp³-hybridized carbons (Fsp3) is 0.308. The third kappa shape index (κ3) is 3.22. The minimum atomic E-state index is 0.236. The van der Waals surface area contributed by atoms with Crippen molar-refractivity contribution in [3.8, 4) is 0 Å². The van der Waals surface area contributed by atoms with Crippen LogP contribution < -0.4 is 11.1 Å². The van der Waals surface area contributed by atoms with E-state index in [0.717, 1.165) is 17.1 Å². The first-order valence-electron chi connectivity index (χ1n) is 5.76. The molecule has 1 heterocycles. The number of anilines is 1. The molecule has 3 nitrogen and oxygen atoms in total. The molecule has 3 N–H and O–H groups in total. The number of aromatic nitrogens is 1. The Labute approximate surface area is 116 Å². The SMILES string of the molecule is Cc1cnc(C(C)NCc2ccc(N)c(Cl)c2)s1. The van der Waals surface area contributed by atoms with Crippen molar-refractivity contribution >= 4 is 28.6 Å². The Morgan fingerprint density at radius 1 is 1.50 bits per heavy atom. The number of benzene rings is 1. The number of hydrogen-bond acceptors (Lipinski definition) is 4. The largest absolute Gasteiger partial charge is 0.398 e. The van der Waals surface area contributed by atoms with Gasteiger partial charge in [-0.05, 0) is 31.5 Å². The maximum absolute atomic E-state index is 5.99. The van der Waals surface area contributed by atoms with Crippen molar-refractivity contribution in [2.24, 2.45) is 0 Å². The molecule has 18 heavy (non-hydrogen) atoms. The Morgan fingerprint density at radius 3 is 2.89 bits per heavy atom. The predicted molar refractivity (Wildman–Crippen MR) is 78.0 cm³/mol. The Morgan fingerprint density at radius 2 is 2.28 bits per heavy atom. The molecular weight excluding hydrogens is 266 g/mol. The summed E-state index contributed by atoms with van der Waals surface area (Å²) in [6.45, 7) is 4.92. The van der Waals surface area contributed by atoms with E-state index in [1.54, 1.807) is 11.3 Å². The van der Waals surface area contributed by atoms with Crippen molar-refractivity contribution in [2.75, 3.05) is 5.73 Å². The predicted octanol–water partition coefficient (Wildman–Crippen LogP) is 3.54. The molecule has 2 aromatic rings. The van der Waals surface area contributed by atoms with Gasteiger partial charge < -0.3 is 11.1 Å². The molecule has 1 aromatic heterocycles. The zero-order valence-corrected chi connectivity index (χ0v) is 12.0. The molecule has 0 fully saturated rings. The van der Waals surface area contributed by atoms with E-state index in [9.17, 15) is 0 Å². The molecule has 0 aliphatic rings. The van der Waals surface area contributed by atoms with E-state index in [-0.39, 0.29) is 6.04 Å². The molecule has 0 saturated carbocycles. The van der Waals surface area contributed by atoms with Gasteiger partial charge in [-0.2, -0.15) is 0 Å². The van der Waals surface area contributed by atoms with Gasteiger partial charge in [-0.15, -0.1) is 11.3 Å². The van der Waals surface area contributed by atoms with Crippen LogP contribution in [-0.2, 0) is 6.54 Å². The highest BCUT2D eigenvalue weighted by atomic mass is 35.5. The lowest BCUT2D eigenvalue weighted by molar-refractivity contribution is 0.572. The lowest BCUT2D eigenvalue weighted by Gasteiger charge is -2.11. The number of thiazole rings is 1. The third-order valence-electron chi connectivity index (χ3n) is 2.69. The molecule has 0 aliphatic heterocycles. The van der Waals surface area contributed by atoms with Gasteiger partial charge in [0.1, 0.15) is 5.01 Å². The molecule has 0 aliphatic carbocycles. The van der Waals surface area contributed by atoms with E-state index in [4.69, 9.17) is 17.3 Å². The normalized spacial score (nSPS) is 12.6. The summed E-state index contributed by atoms with van der Waals surface area (Å²) in [5.41, 5.74) is 7.41. The number of nitrogens with two attached hydrogens (primary N) is 1. The molecule has 0 bridgehead atoms. The molecule has 0 spiro atoms. The molecule has 96 valence electrons. The van der Waals surface area contributed by atoms with Crippen LogP contribution in [0.3, 0.4) is 0 Å². The molecular formula is C13H16ClN3S. The van der Waals surface area contributed by atoms with Crippen LogP contribution in [0.15, 0.2) is 24.4 Å². The highest BCUT2D eigenvalue weighted by molar-refractivity contribution is 7.11. The van der Waals surface area contributed by atoms with Crippen LogP contribution in [0.5, 0.6) is 0 Å². The first-order chi connectivity index (χ1) is 8.56. The Bertz CT molecular complexity index is 539. The summed E-state index contributed by atoms with van der Waals surface area (Å²) in [5, 5.41) is 5.13. The van der Waals surface area contributed by atoms with Crippen LogP contribution in [0.1, 0.15) is 28.4 Å². The molecule has 0 saturated heterocycles. The standard InChI is InChI=1S/C13H16ClN3S/c1-8-6-17-13(18-8)9(2)16-7-10-3-4-12(15)11(14)5-10/h3-6,9,16H,7,15H2,1-2H3. The molecule has 0 amide bonds. The second-order valence-corrected chi connectivity index (χ2v) is 5.94. The van der Waals surface area contributed by atoms with Crippen molar-refractivity contribution in [1.29, 1.82) is 0 Å². The summed E-state index contributed by atoms with van der Waals surface area (Å²) in [6.07, 6.45) is 1.90. The van der Waals surface area contributed by atoms with Crippen molar-refractivity contribution in [3.05, 3.63) is 44.9 Å². The van der Waals surface area contributed by atoms with E-state index >= 15 is 0 Å². The lowest BCUT2D eigenvalue weighted by atomic mass is 10.2. The van der Waals surface area contributed by atoms with E-state index in [2.05, 4.69) is 24.1 Å². The average molecular weight is 282 g/mol.